The summed E-state index contributed by atoms with van der Waals surface area (Å²) in [6.45, 7) is 2.19. The summed E-state index contributed by atoms with van der Waals surface area (Å²) in [5.74, 6) is 0.522. The molecule has 118 valence electrons. The first-order valence-corrected chi connectivity index (χ1v) is 7.58. The minimum atomic E-state index is -0.323. The highest BCUT2D eigenvalue weighted by Crippen LogP contribution is 2.26. The molecule has 1 aliphatic heterocycles. The molecule has 2 heterocycles. The van der Waals surface area contributed by atoms with Crippen LogP contribution in [0.25, 0.3) is 10.9 Å². The van der Waals surface area contributed by atoms with Crippen molar-refractivity contribution in [3.8, 4) is 0 Å². The van der Waals surface area contributed by atoms with Crippen LogP contribution in [0.2, 0.25) is 0 Å². The molecular weight excluding hydrogens is 280 g/mol. The first-order chi connectivity index (χ1) is 10.6. The van der Waals surface area contributed by atoms with Gasteiger partial charge in [0.1, 0.15) is 0 Å². The van der Waals surface area contributed by atoms with E-state index in [1.54, 1.807) is 6.07 Å². The molecule has 1 aromatic carbocycles. The number of methoxy groups -OCH3 is 1. The lowest BCUT2D eigenvalue weighted by atomic mass is 10.1. The van der Waals surface area contributed by atoms with E-state index in [4.69, 9.17) is 4.74 Å². The normalized spacial score (nSPS) is 16.9. The number of carbonyl (C=O) groups excluding carboxylic acids is 1. The maximum atomic E-state index is 11.7. The smallest absolute Gasteiger partial charge is 0.337 e. The minimum absolute atomic E-state index is 0.323. The molecule has 0 bridgehead atoms. The largest absolute Gasteiger partial charge is 0.465 e. The van der Waals surface area contributed by atoms with Gasteiger partial charge in [-0.05, 0) is 51.2 Å². The van der Waals surface area contributed by atoms with E-state index in [1.165, 1.54) is 7.11 Å². The molecule has 1 fully saturated rings. The monoisotopic (exact) mass is 302 g/mol. The molecule has 6 nitrogen and oxygen atoms in total. The van der Waals surface area contributed by atoms with Crippen molar-refractivity contribution in [1.29, 1.82) is 0 Å². The Balaban J connectivity index is 1.90. The van der Waals surface area contributed by atoms with Crippen molar-refractivity contribution < 1.29 is 9.53 Å². The number of piperidine rings is 1. The SMILES string of the molecule is COC(=O)c1ccc2c(c1)c(NC1CCN(C)CC1)nn2C. The molecule has 1 aliphatic rings. The lowest BCUT2D eigenvalue weighted by molar-refractivity contribution is 0.0601. The van der Waals surface area contributed by atoms with Crippen LogP contribution in [0.4, 0.5) is 5.82 Å². The number of rotatable bonds is 3. The summed E-state index contributed by atoms with van der Waals surface area (Å²) in [5.41, 5.74) is 1.55. The third-order valence-electron chi connectivity index (χ3n) is 4.33. The van der Waals surface area contributed by atoms with E-state index in [1.807, 2.05) is 23.9 Å². The van der Waals surface area contributed by atoms with Gasteiger partial charge in [-0.2, -0.15) is 5.10 Å². The van der Waals surface area contributed by atoms with Crippen LogP contribution < -0.4 is 5.32 Å². The molecule has 1 N–H and O–H groups in total. The molecule has 0 atom stereocenters. The lowest BCUT2D eigenvalue weighted by Crippen LogP contribution is -2.36. The molecule has 0 aliphatic carbocycles. The summed E-state index contributed by atoms with van der Waals surface area (Å²) >= 11 is 0. The maximum absolute atomic E-state index is 11.7. The summed E-state index contributed by atoms with van der Waals surface area (Å²) in [4.78, 5) is 14.1. The van der Waals surface area contributed by atoms with Crippen LogP contribution in [0, 0.1) is 0 Å². The number of anilines is 1. The summed E-state index contributed by atoms with van der Waals surface area (Å²) in [6.07, 6.45) is 2.20. The predicted molar refractivity (Wildman–Crippen MR) is 86.2 cm³/mol. The van der Waals surface area contributed by atoms with Crippen LogP contribution >= 0.6 is 0 Å². The fourth-order valence-corrected chi connectivity index (χ4v) is 2.96. The third-order valence-corrected chi connectivity index (χ3v) is 4.33. The number of esters is 1. The van der Waals surface area contributed by atoms with Crippen molar-refractivity contribution in [2.24, 2.45) is 7.05 Å². The van der Waals surface area contributed by atoms with Gasteiger partial charge < -0.3 is 15.0 Å². The number of nitrogens with one attached hydrogen (secondary N) is 1. The zero-order chi connectivity index (χ0) is 15.7. The van der Waals surface area contributed by atoms with Crippen LogP contribution in [0.1, 0.15) is 23.2 Å². The van der Waals surface area contributed by atoms with Gasteiger partial charge in [0, 0.05) is 18.5 Å². The third kappa shape index (κ3) is 2.78. The Kier molecular flexibility index (Phi) is 4.02. The van der Waals surface area contributed by atoms with Crippen molar-refractivity contribution in [2.45, 2.75) is 18.9 Å². The van der Waals surface area contributed by atoms with E-state index in [-0.39, 0.29) is 5.97 Å². The summed E-state index contributed by atoms with van der Waals surface area (Å²) in [6, 6.07) is 5.96. The van der Waals surface area contributed by atoms with E-state index in [0.717, 1.165) is 42.7 Å². The summed E-state index contributed by atoms with van der Waals surface area (Å²) < 4.78 is 6.64. The molecule has 1 saturated heterocycles. The van der Waals surface area contributed by atoms with Gasteiger partial charge in [0.15, 0.2) is 5.82 Å². The number of aryl methyl sites for hydroxylation is 1. The molecule has 6 heteroatoms. The summed E-state index contributed by atoms with van der Waals surface area (Å²) in [5, 5.41) is 9.07. The molecule has 22 heavy (non-hydrogen) atoms. The number of aromatic nitrogens is 2. The predicted octanol–water partition coefficient (Wildman–Crippen LogP) is 1.87. The number of benzene rings is 1. The number of nitrogens with zero attached hydrogens (tertiary/aromatic N) is 3. The van der Waals surface area contributed by atoms with E-state index in [9.17, 15) is 4.79 Å². The zero-order valence-corrected chi connectivity index (χ0v) is 13.3. The molecule has 0 saturated carbocycles. The van der Waals surface area contributed by atoms with Crippen molar-refractivity contribution >= 4 is 22.7 Å². The average Bonchev–Trinajstić information content (AvgIpc) is 2.84. The Hall–Kier alpha value is -2.08. The number of hydrogen-bond donors (Lipinski definition) is 1. The number of likely N-dealkylation sites (tertiary alicyclic amines) is 1. The highest BCUT2D eigenvalue weighted by atomic mass is 16.5. The van der Waals surface area contributed by atoms with Crippen LogP contribution in [-0.2, 0) is 11.8 Å². The topological polar surface area (TPSA) is 59.4 Å². The van der Waals surface area contributed by atoms with Crippen molar-refractivity contribution in [3.05, 3.63) is 23.8 Å². The fourth-order valence-electron chi connectivity index (χ4n) is 2.96. The average molecular weight is 302 g/mol. The number of fused-ring (bicyclic) bond motifs is 1. The molecule has 0 unspecified atom stereocenters. The van der Waals surface area contributed by atoms with Crippen LogP contribution in [-0.4, -0.2) is 53.9 Å². The molecule has 0 spiro atoms. The number of ether oxygens (including phenoxy) is 1. The Morgan fingerprint density at radius 2 is 2.05 bits per heavy atom. The van der Waals surface area contributed by atoms with Crippen molar-refractivity contribution in [3.63, 3.8) is 0 Å². The zero-order valence-electron chi connectivity index (χ0n) is 13.3. The molecule has 2 aromatic rings. The van der Waals surface area contributed by atoms with Crippen LogP contribution in [0.3, 0.4) is 0 Å². The Morgan fingerprint density at radius 1 is 1.32 bits per heavy atom. The standard InChI is InChI=1S/C16H22N4O2/c1-19-8-6-12(7-9-19)17-15-13-10-11(16(21)22-3)4-5-14(13)20(2)18-15/h4-5,10,12H,6-9H2,1-3H3,(H,17,18). The molecular formula is C16H22N4O2. The van der Waals surface area contributed by atoms with E-state index in [2.05, 4.69) is 22.4 Å². The van der Waals surface area contributed by atoms with Gasteiger partial charge in [-0.25, -0.2) is 4.79 Å². The van der Waals surface area contributed by atoms with Gasteiger partial charge in [0.2, 0.25) is 0 Å². The fraction of sp³-hybridized carbons (Fsp3) is 0.500. The second kappa shape index (κ2) is 5.96. The van der Waals surface area contributed by atoms with Crippen LogP contribution in [0.15, 0.2) is 18.2 Å². The van der Waals surface area contributed by atoms with E-state index < -0.39 is 0 Å². The number of hydrogen-bond acceptors (Lipinski definition) is 5. The highest BCUT2D eigenvalue weighted by molar-refractivity contribution is 5.98. The second-order valence-electron chi connectivity index (χ2n) is 5.92. The first kappa shape index (κ1) is 14.8. The van der Waals surface area contributed by atoms with Gasteiger partial charge in [-0.1, -0.05) is 0 Å². The van der Waals surface area contributed by atoms with Crippen molar-refractivity contribution in [2.75, 3.05) is 32.6 Å². The van der Waals surface area contributed by atoms with Gasteiger partial charge >= 0.3 is 5.97 Å². The second-order valence-corrected chi connectivity index (χ2v) is 5.92. The highest BCUT2D eigenvalue weighted by Gasteiger charge is 2.19. The van der Waals surface area contributed by atoms with E-state index in [0.29, 0.717) is 11.6 Å². The molecule has 0 radical (unpaired) electrons. The van der Waals surface area contributed by atoms with Gasteiger partial charge in [-0.3, -0.25) is 4.68 Å². The van der Waals surface area contributed by atoms with Gasteiger partial charge in [0.05, 0.1) is 18.2 Å². The first-order valence-electron chi connectivity index (χ1n) is 7.58. The van der Waals surface area contributed by atoms with Crippen LogP contribution in [0.5, 0.6) is 0 Å². The minimum Gasteiger partial charge on any atom is -0.465 e. The summed E-state index contributed by atoms with van der Waals surface area (Å²) in [7, 11) is 5.46. The Labute approximate surface area is 130 Å². The number of carbonyl (C=O) groups is 1. The Morgan fingerprint density at radius 3 is 2.73 bits per heavy atom. The molecule has 3 rings (SSSR count). The lowest BCUT2D eigenvalue weighted by Gasteiger charge is -2.29. The quantitative estimate of drug-likeness (QED) is 0.877. The van der Waals surface area contributed by atoms with Crippen molar-refractivity contribution in [1.82, 2.24) is 14.7 Å². The molecule has 0 amide bonds. The van der Waals surface area contributed by atoms with Gasteiger partial charge in [0.25, 0.3) is 0 Å². The van der Waals surface area contributed by atoms with E-state index >= 15 is 0 Å². The Bertz CT molecular complexity index is 687. The molecule has 1 aromatic heterocycles. The van der Waals surface area contributed by atoms with Gasteiger partial charge in [-0.15, -0.1) is 0 Å². The maximum Gasteiger partial charge on any atom is 0.337 e.